The molecule has 0 amide bonds. The van der Waals surface area contributed by atoms with Crippen LogP contribution in [0.3, 0.4) is 0 Å². The molecular formula is C10H12BrNO5S. The van der Waals surface area contributed by atoms with Crippen molar-refractivity contribution in [2.45, 2.75) is 16.7 Å². The second-order valence-corrected chi connectivity index (χ2v) is 8.57. The number of aliphatic hydroxyl groups excluding tert-OH is 1. The Hall–Kier alpha value is -0.990. The molecule has 0 saturated carbocycles. The first kappa shape index (κ1) is 15.1. The smallest absolute Gasteiger partial charge is 0.269 e. The second kappa shape index (κ2) is 4.94. The van der Waals surface area contributed by atoms with Crippen LogP contribution in [0.25, 0.3) is 0 Å². The van der Waals surface area contributed by atoms with Gasteiger partial charge >= 0.3 is 0 Å². The minimum Gasteiger partial charge on any atom is -0.386 e. The van der Waals surface area contributed by atoms with E-state index in [1.54, 1.807) is 0 Å². The Bertz CT molecular complexity index is 552. The first-order chi connectivity index (χ1) is 8.07. The molecule has 100 valence electrons. The van der Waals surface area contributed by atoms with Crippen molar-refractivity contribution in [2.24, 2.45) is 0 Å². The van der Waals surface area contributed by atoms with Gasteiger partial charge in [-0.25, -0.2) is 8.42 Å². The molecule has 1 aromatic rings. The number of non-ortho nitro benzene ring substituents is 1. The van der Waals surface area contributed by atoms with E-state index in [0.29, 0.717) is 0 Å². The molecule has 0 aliphatic heterocycles. The lowest BCUT2D eigenvalue weighted by atomic mass is 10.1. The number of hydrogen-bond acceptors (Lipinski definition) is 5. The summed E-state index contributed by atoms with van der Waals surface area (Å²) in [5.74, 6) is 0. The minimum absolute atomic E-state index is 0.124. The van der Waals surface area contributed by atoms with E-state index in [1.165, 1.54) is 31.2 Å². The lowest BCUT2D eigenvalue weighted by Gasteiger charge is -2.26. The summed E-state index contributed by atoms with van der Waals surface area (Å²) < 4.78 is 21.5. The Morgan fingerprint density at radius 2 is 1.83 bits per heavy atom. The van der Waals surface area contributed by atoms with Crippen molar-refractivity contribution in [1.29, 1.82) is 0 Å². The highest BCUT2D eigenvalue weighted by Crippen LogP contribution is 2.38. The zero-order valence-electron chi connectivity index (χ0n) is 9.70. The van der Waals surface area contributed by atoms with Crippen LogP contribution in [0.1, 0.15) is 18.6 Å². The molecule has 0 bridgehead atoms. The highest BCUT2D eigenvalue weighted by Gasteiger charge is 2.41. The van der Waals surface area contributed by atoms with Crippen LogP contribution >= 0.6 is 15.9 Å². The van der Waals surface area contributed by atoms with Gasteiger partial charge < -0.3 is 5.11 Å². The summed E-state index contributed by atoms with van der Waals surface area (Å²) in [4.78, 5) is 9.91. The van der Waals surface area contributed by atoms with Crippen molar-refractivity contribution in [1.82, 2.24) is 0 Å². The van der Waals surface area contributed by atoms with E-state index in [2.05, 4.69) is 15.9 Å². The summed E-state index contributed by atoms with van der Waals surface area (Å²) in [5, 5.41) is 20.5. The number of nitro groups is 1. The molecular weight excluding hydrogens is 326 g/mol. The second-order valence-electron chi connectivity index (χ2n) is 4.01. The van der Waals surface area contributed by atoms with Gasteiger partial charge in [0.05, 0.1) is 4.92 Å². The fourth-order valence-corrected chi connectivity index (χ4v) is 2.08. The molecule has 2 atom stereocenters. The van der Waals surface area contributed by atoms with Gasteiger partial charge in [-0.2, -0.15) is 0 Å². The fraction of sp³-hybridized carbons (Fsp3) is 0.400. The summed E-state index contributed by atoms with van der Waals surface area (Å²) in [6, 6.07) is 5.08. The number of hydrogen-bond donors (Lipinski definition) is 1. The number of rotatable bonds is 4. The SMILES string of the molecule is C[C@@](Br)([C@@H](O)c1ccc([N+](=O)[O-])cc1)S(C)(=O)=O. The van der Waals surface area contributed by atoms with E-state index < -0.39 is 24.5 Å². The summed E-state index contributed by atoms with van der Waals surface area (Å²) >= 11 is 2.98. The third kappa shape index (κ3) is 2.88. The van der Waals surface area contributed by atoms with Crippen molar-refractivity contribution in [3.05, 3.63) is 39.9 Å². The van der Waals surface area contributed by atoms with Gasteiger partial charge in [-0.15, -0.1) is 0 Å². The number of sulfone groups is 1. The molecule has 0 aliphatic carbocycles. The molecule has 1 rings (SSSR count). The summed E-state index contributed by atoms with van der Waals surface area (Å²) in [6.45, 7) is 1.33. The van der Waals surface area contributed by atoms with E-state index >= 15 is 0 Å². The standard InChI is InChI=1S/C10H12BrNO5S/c1-10(11,18(2,16)17)9(13)7-3-5-8(6-4-7)12(14)15/h3-6,9,13H,1-2H3/t9-,10-/m0/s1. The fourth-order valence-electron chi connectivity index (χ4n) is 1.28. The predicted molar refractivity (Wildman–Crippen MR) is 70.2 cm³/mol. The topological polar surface area (TPSA) is 97.5 Å². The van der Waals surface area contributed by atoms with Crippen LogP contribution in [-0.2, 0) is 9.84 Å². The van der Waals surface area contributed by atoms with Crippen LogP contribution in [0.4, 0.5) is 5.69 Å². The molecule has 0 heterocycles. The van der Waals surface area contributed by atoms with Gasteiger partial charge in [0, 0.05) is 18.4 Å². The number of benzene rings is 1. The normalized spacial score (nSPS) is 16.9. The highest BCUT2D eigenvalue weighted by molar-refractivity contribution is 9.11. The van der Waals surface area contributed by atoms with Gasteiger partial charge in [-0.3, -0.25) is 10.1 Å². The molecule has 0 radical (unpaired) electrons. The summed E-state index contributed by atoms with van der Waals surface area (Å²) in [5.41, 5.74) is 0.159. The van der Waals surface area contributed by atoms with Crippen molar-refractivity contribution in [2.75, 3.05) is 6.26 Å². The molecule has 0 fully saturated rings. The zero-order valence-corrected chi connectivity index (χ0v) is 12.1. The van der Waals surface area contributed by atoms with E-state index in [9.17, 15) is 23.6 Å². The maximum absolute atomic E-state index is 11.5. The van der Waals surface area contributed by atoms with E-state index in [0.717, 1.165) is 6.26 Å². The molecule has 8 heteroatoms. The maximum Gasteiger partial charge on any atom is 0.269 e. The molecule has 1 aromatic carbocycles. The third-order valence-corrected chi connectivity index (χ3v) is 6.50. The van der Waals surface area contributed by atoms with Gasteiger partial charge in [0.2, 0.25) is 0 Å². The van der Waals surface area contributed by atoms with Crippen LogP contribution in [0.15, 0.2) is 24.3 Å². The Kier molecular flexibility index (Phi) is 4.14. The average molecular weight is 338 g/mol. The quantitative estimate of drug-likeness (QED) is 0.513. The van der Waals surface area contributed by atoms with Gasteiger partial charge in [0.15, 0.2) is 13.5 Å². The molecule has 0 spiro atoms. The Morgan fingerprint density at radius 1 is 1.39 bits per heavy atom. The van der Waals surface area contributed by atoms with Crippen molar-refractivity contribution in [3.63, 3.8) is 0 Å². The van der Waals surface area contributed by atoms with Crippen LogP contribution in [0.2, 0.25) is 0 Å². The summed E-state index contributed by atoms with van der Waals surface area (Å²) in [6.07, 6.45) is -0.329. The van der Waals surface area contributed by atoms with Crippen LogP contribution in [0, 0.1) is 10.1 Å². The molecule has 6 nitrogen and oxygen atoms in total. The van der Waals surface area contributed by atoms with Gasteiger partial charge in [0.1, 0.15) is 6.10 Å². The largest absolute Gasteiger partial charge is 0.386 e. The van der Waals surface area contributed by atoms with Gasteiger partial charge in [0.25, 0.3) is 5.69 Å². The van der Waals surface area contributed by atoms with E-state index in [-0.39, 0.29) is 11.3 Å². The van der Waals surface area contributed by atoms with Crippen molar-refractivity contribution >= 4 is 31.5 Å². The first-order valence-corrected chi connectivity index (χ1v) is 7.56. The molecule has 0 aromatic heterocycles. The lowest BCUT2D eigenvalue weighted by Crippen LogP contribution is -2.34. The Balaban J connectivity index is 3.12. The third-order valence-electron chi connectivity index (χ3n) is 2.63. The average Bonchev–Trinajstić information content (AvgIpc) is 2.26. The molecule has 18 heavy (non-hydrogen) atoms. The van der Waals surface area contributed by atoms with E-state index in [4.69, 9.17) is 0 Å². The van der Waals surface area contributed by atoms with Gasteiger partial charge in [-0.1, -0.05) is 15.9 Å². The van der Waals surface area contributed by atoms with Crippen molar-refractivity contribution in [3.8, 4) is 0 Å². The molecule has 1 N–H and O–H groups in total. The van der Waals surface area contributed by atoms with Crippen LogP contribution in [-0.4, -0.2) is 28.4 Å². The Morgan fingerprint density at radius 3 is 2.17 bits per heavy atom. The minimum atomic E-state index is -3.54. The monoisotopic (exact) mass is 337 g/mol. The van der Waals surface area contributed by atoms with E-state index in [1.807, 2.05) is 0 Å². The van der Waals surface area contributed by atoms with Crippen LogP contribution in [0.5, 0.6) is 0 Å². The van der Waals surface area contributed by atoms with Crippen LogP contribution < -0.4 is 0 Å². The first-order valence-electron chi connectivity index (χ1n) is 4.88. The summed E-state index contributed by atoms with van der Waals surface area (Å²) in [7, 11) is -3.54. The molecule has 0 saturated heterocycles. The number of nitrogens with zero attached hydrogens (tertiary/aromatic N) is 1. The number of alkyl halides is 1. The number of aliphatic hydroxyl groups is 1. The highest BCUT2D eigenvalue weighted by atomic mass is 79.9. The number of halogens is 1. The Labute approximate surface area is 113 Å². The molecule has 0 unspecified atom stereocenters. The van der Waals surface area contributed by atoms with Crippen molar-refractivity contribution < 1.29 is 18.4 Å². The molecule has 0 aliphatic rings. The van der Waals surface area contributed by atoms with Gasteiger partial charge in [-0.05, 0) is 24.6 Å². The predicted octanol–water partition coefficient (Wildman–Crippen LogP) is 1.78. The maximum atomic E-state index is 11.5. The number of nitro benzene ring substituents is 1. The zero-order chi connectivity index (χ0) is 14.1. The lowest BCUT2D eigenvalue weighted by molar-refractivity contribution is -0.384.